The summed E-state index contributed by atoms with van der Waals surface area (Å²) in [5, 5.41) is 4.11. The molecule has 6 nitrogen and oxygen atoms in total. The number of nitrogens with one attached hydrogen (secondary N) is 1. The Morgan fingerprint density at radius 1 is 1.28 bits per heavy atom. The van der Waals surface area contributed by atoms with Gasteiger partial charge in [0.15, 0.2) is 5.96 Å². The van der Waals surface area contributed by atoms with Crippen molar-refractivity contribution in [1.29, 1.82) is 0 Å². The summed E-state index contributed by atoms with van der Waals surface area (Å²) >= 11 is 6.04. The van der Waals surface area contributed by atoms with E-state index in [4.69, 9.17) is 25.8 Å². The Kier molecular flexibility index (Phi) is 10.8. The first-order chi connectivity index (χ1) is 13.7. The van der Waals surface area contributed by atoms with Gasteiger partial charge in [0.25, 0.3) is 0 Å². The Balaban J connectivity index is 0.00000300. The third-order valence-electron chi connectivity index (χ3n) is 5.43. The molecule has 1 atom stereocenters. The van der Waals surface area contributed by atoms with Crippen molar-refractivity contribution in [2.24, 2.45) is 4.99 Å². The normalized spacial score (nSPS) is 20.9. The smallest absolute Gasteiger partial charge is 0.193 e. The molecule has 2 aliphatic rings. The number of halogens is 2. The van der Waals surface area contributed by atoms with Crippen molar-refractivity contribution in [3.8, 4) is 5.75 Å². The molecule has 0 spiro atoms. The number of hydrogen-bond donors (Lipinski definition) is 1. The lowest BCUT2D eigenvalue weighted by molar-refractivity contribution is -0.0721. The fourth-order valence-electron chi connectivity index (χ4n) is 3.79. The summed E-state index contributed by atoms with van der Waals surface area (Å²) in [6.45, 7) is 4.13. The van der Waals surface area contributed by atoms with E-state index in [1.807, 2.05) is 25.2 Å². The lowest BCUT2D eigenvalue weighted by Gasteiger charge is -2.35. The van der Waals surface area contributed by atoms with Gasteiger partial charge in [0.2, 0.25) is 0 Å². The van der Waals surface area contributed by atoms with Crippen LogP contribution in [0.1, 0.15) is 37.7 Å². The van der Waals surface area contributed by atoms with Crippen molar-refractivity contribution >= 4 is 41.5 Å². The second-order valence-corrected chi connectivity index (χ2v) is 7.80. The minimum absolute atomic E-state index is 0. The Morgan fingerprint density at radius 2 is 2.07 bits per heavy atom. The molecule has 2 heterocycles. The van der Waals surface area contributed by atoms with E-state index >= 15 is 0 Å². The number of nitrogens with zero attached hydrogens (tertiary/aromatic N) is 2. The first-order valence-electron chi connectivity index (χ1n) is 10.2. The van der Waals surface area contributed by atoms with Gasteiger partial charge in [0.1, 0.15) is 5.75 Å². The maximum atomic E-state index is 6.11. The average Bonchev–Trinajstić information content (AvgIpc) is 2.75. The molecule has 164 valence electrons. The fraction of sp³-hybridized carbons (Fsp3) is 0.667. The van der Waals surface area contributed by atoms with Crippen LogP contribution in [0.3, 0.4) is 0 Å². The fourth-order valence-corrected chi connectivity index (χ4v) is 3.95. The number of benzene rings is 1. The molecule has 1 aromatic rings. The van der Waals surface area contributed by atoms with Crippen LogP contribution >= 0.6 is 35.6 Å². The molecular weight excluding hydrogens is 505 g/mol. The Labute approximate surface area is 196 Å². The van der Waals surface area contributed by atoms with Crippen molar-refractivity contribution in [2.45, 2.75) is 50.9 Å². The van der Waals surface area contributed by atoms with Crippen LogP contribution in [0, 0.1) is 0 Å². The Morgan fingerprint density at radius 3 is 2.72 bits per heavy atom. The van der Waals surface area contributed by atoms with E-state index in [1.54, 1.807) is 7.11 Å². The van der Waals surface area contributed by atoms with Gasteiger partial charge < -0.3 is 24.4 Å². The van der Waals surface area contributed by atoms with E-state index in [-0.39, 0.29) is 30.1 Å². The number of guanidine groups is 1. The Hall–Kier alpha value is -0.770. The van der Waals surface area contributed by atoms with Gasteiger partial charge in [-0.25, -0.2) is 0 Å². The van der Waals surface area contributed by atoms with E-state index in [0.29, 0.717) is 17.7 Å². The van der Waals surface area contributed by atoms with Crippen molar-refractivity contribution in [3.05, 3.63) is 28.8 Å². The second-order valence-electron chi connectivity index (χ2n) is 7.37. The third kappa shape index (κ3) is 7.45. The van der Waals surface area contributed by atoms with E-state index in [1.165, 1.54) is 12.8 Å². The summed E-state index contributed by atoms with van der Waals surface area (Å²) < 4.78 is 17.3. The van der Waals surface area contributed by atoms with Gasteiger partial charge in [-0.1, -0.05) is 17.7 Å². The zero-order valence-corrected chi connectivity index (χ0v) is 20.4. The molecule has 8 heteroatoms. The highest BCUT2D eigenvalue weighted by Gasteiger charge is 2.23. The zero-order valence-electron chi connectivity index (χ0n) is 17.4. The minimum Gasteiger partial charge on any atom is -0.496 e. The van der Waals surface area contributed by atoms with Crippen molar-refractivity contribution in [3.63, 3.8) is 0 Å². The predicted molar refractivity (Wildman–Crippen MR) is 128 cm³/mol. The molecule has 2 fully saturated rings. The van der Waals surface area contributed by atoms with Crippen LogP contribution in [-0.4, -0.2) is 63.5 Å². The number of rotatable bonds is 6. The maximum absolute atomic E-state index is 6.11. The highest BCUT2D eigenvalue weighted by Crippen LogP contribution is 2.23. The minimum atomic E-state index is 0. The quantitative estimate of drug-likeness (QED) is 0.337. The highest BCUT2D eigenvalue weighted by molar-refractivity contribution is 14.0. The molecule has 0 aliphatic carbocycles. The van der Waals surface area contributed by atoms with Crippen LogP contribution in [-0.2, 0) is 16.0 Å². The second kappa shape index (κ2) is 12.8. The van der Waals surface area contributed by atoms with Gasteiger partial charge in [-0.05, 0) is 44.2 Å². The number of aliphatic imine (C=N–C) groups is 1. The molecular formula is C21H33ClIN3O3. The van der Waals surface area contributed by atoms with Gasteiger partial charge in [0, 0.05) is 43.9 Å². The summed E-state index contributed by atoms with van der Waals surface area (Å²) in [6, 6.07) is 5.69. The topological polar surface area (TPSA) is 55.3 Å². The molecule has 0 saturated carbocycles. The molecule has 0 bridgehead atoms. The largest absolute Gasteiger partial charge is 0.496 e. The van der Waals surface area contributed by atoms with Crippen molar-refractivity contribution in [1.82, 2.24) is 10.2 Å². The van der Waals surface area contributed by atoms with Crippen molar-refractivity contribution in [2.75, 3.05) is 40.5 Å². The molecule has 0 radical (unpaired) electrons. The molecule has 0 aromatic heterocycles. The lowest BCUT2D eigenvalue weighted by Crippen LogP contribution is -2.47. The monoisotopic (exact) mass is 537 g/mol. The summed E-state index contributed by atoms with van der Waals surface area (Å²) in [5.41, 5.74) is 1.05. The average molecular weight is 538 g/mol. The predicted octanol–water partition coefficient (Wildman–Crippen LogP) is 4.09. The van der Waals surface area contributed by atoms with Crippen LogP contribution in [0.2, 0.25) is 5.02 Å². The number of piperidine rings is 1. The van der Waals surface area contributed by atoms with E-state index < -0.39 is 0 Å². The third-order valence-corrected chi connectivity index (χ3v) is 5.67. The maximum Gasteiger partial charge on any atom is 0.193 e. The van der Waals surface area contributed by atoms with Crippen LogP contribution in [0.25, 0.3) is 0 Å². The number of ether oxygens (including phenoxy) is 3. The van der Waals surface area contributed by atoms with E-state index in [0.717, 1.165) is 62.8 Å². The van der Waals surface area contributed by atoms with Gasteiger partial charge in [-0.3, -0.25) is 4.99 Å². The van der Waals surface area contributed by atoms with E-state index in [9.17, 15) is 0 Å². The highest BCUT2D eigenvalue weighted by atomic mass is 127. The zero-order chi connectivity index (χ0) is 19.8. The van der Waals surface area contributed by atoms with Gasteiger partial charge in [-0.15, -0.1) is 24.0 Å². The molecule has 29 heavy (non-hydrogen) atoms. The standard InChI is InChI=1S/C21H32ClN3O3.HI/c1-23-21(24-14-16-6-7-17(22)13-20(16)26-2)25-10-8-18(9-11-25)28-15-19-5-3-4-12-27-19;/h6-7,13,18-19H,3-5,8-12,14-15H2,1-2H3,(H,23,24);1H. The summed E-state index contributed by atoms with van der Waals surface area (Å²) in [5.74, 6) is 1.69. The molecule has 1 N–H and O–H groups in total. The van der Waals surface area contributed by atoms with Gasteiger partial charge >= 0.3 is 0 Å². The molecule has 2 saturated heterocycles. The first-order valence-corrected chi connectivity index (χ1v) is 10.6. The molecule has 1 unspecified atom stereocenters. The van der Waals surface area contributed by atoms with Gasteiger partial charge in [-0.2, -0.15) is 0 Å². The molecule has 0 amide bonds. The van der Waals surface area contributed by atoms with Crippen LogP contribution in [0.5, 0.6) is 5.75 Å². The van der Waals surface area contributed by atoms with Crippen molar-refractivity contribution < 1.29 is 14.2 Å². The number of methoxy groups -OCH3 is 1. The SMILES string of the molecule is CN=C(NCc1ccc(Cl)cc1OC)N1CCC(OCC2CCCCO2)CC1.I. The number of likely N-dealkylation sites (tertiary alicyclic amines) is 1. The van der Waals surface area contributed by atoms with Crippen LogP contribution < -0.4 is 10.1 Å². The summed E-state index contributed by atoms with van der Waals surface area (Å²) in [6.07, 6.45) is 6.20. The number of hydrogen-bond acceptors (Lipinski definition) is 4. The Bertz CT molecular complexity index is 648. The first kappa shape index (κ1) is 24.5. The summed E-state index contributed by atoms with van der Waals surface area (Å²) in [7, 11) is 3.48. The van der Waals surface area contributed by atoms with Crippen LogP contribution in [0.4, 0.5) is 0 Å². The molecule has 1 aromatic carbocycles. The van der Waals surface area contributed by atoms with Crippen LogP contribution in [0.15, 0.2) is 23.2 Å². The van der Waals surface area contributed by atoms with Gasteiger partial charge in [0.05, 0.1) is 25.9 Å². The van der Waals surface area contributed by atoms with E-state index in [2.05, 4.69) is 15.2 Å². The molecule has 3 rings (SSSR count). The summed E-state index contributed by atoms with van der Waals surface area (Å²) in [4.78, 5) is 6.74. The lowest BCUT2D eigenvalue weighted by atomic mass is 10.1. The molecule has 2 aliphatic heterocycles.